The number of hydrogen-bond acceptors (Lipinski definition) is 10. The lowest BCUT2D eigenvalue weighted by atomic mass is 10.1. The Morgan fingerprint density at radius 2 is 1.45 bits per heavy atom. The summed E-state index contributed by atoms with van der Waals surface area (Å²) in [7, 11) is -8.08. The SMILES string of the molecule is CCc1ccc(N=Nc2cc(S(=O)(=O)O)c(N)c(N=NC)c2N)c(S(=O)(=O)O)c1. The quantitative estimate of drug-likeness (QED) is 0.296. The van der Waals surface area contributed by atoms with Gasteiger partial charge in [0, 0.05) is 7.05 Å². The van der Waals surface area contributed by atoms with E-state index in [0.29, 0.717) is 12.0 Å². The fraction of sp³-hybridized carbons (Fsp3) is 0.200. The fourth-order valence-electron chi connectivity index (χ4n) is 2.34. The minimum absolute atomic E-state index is 0.206. The number of hydrogen-bond donors (Lipinski definition) is 4. The van der Waals surface area contributed by atoms with Crippen LogP contribution in [0, 0.1) is 0 Å². The first-order valence-electron chi connectivity index (χ1n) is 7.91. The van der Waals surface area contributed by atoms with E-state index in [-0.39, 0.29) is 22.7 Å². The Morgan fingerprint density at radius 1 is 0.862 bits per heavy atom. The van der Waals surface area contributed by atoms with Crippen LogP contribution in [0.5, 0.6) is 0 Å². The van der Waals surface area contributed by atoms with Crippen molar-refractivity contribution in [3.8, 4) is 0 Å². The molecule has 0 unspecified atom stereocenters. The summed E-state index contributed by atoms with van der Waals surface area (Å²) in [5.41, 5.74) is 10.8. The minimum atomic E-state index is -4.76. The molecule has 0 spiro atoms. The molecule has 0 atom stereocenters. The van der Waals surface area contributed by atoms with E-state index in [4.69, 9.17) is 11.5 Å². The predicted octanol–water partition coefficient (Wildman–Crippen LogP) is 3.04. The molecule has 0 aliphatic heterocycles. The second-order valence-electron chi connectivity index (χ2n) is 5.68. The number of benzene rings is 2. The number of aryl methyl sites for hydroxylation is 1. The second-order valence-corrected chi connectivity index (χ2v) is 8.46. The predicted molar refractivity (Wildman–Crippen MR) is 105 cm³/mol. The number of anilines is 2. The molecule has 12 nitrogen and oxygen atoms in total. The lowest BCUT2D eigenvalue weighted by molar-refractivity contribution is 0.481. The second kappa shape index (κ2) is 8.20. The lowest BCUT2D eigenvalue weighted by Crippen LogP contribution is -2.05. The summed E-state index contributed by atoms with van der Waals surface area (Å²) in [6, 6.07) is 4.98. The number of nitrogens with zero attached hydrogens (tertiary/aromatic N) is 4. The van der Waals surface area contributed by atoms with Crippen molar-refractivity contribution in [3.63, 3.8) is 0 Å². The van der Waals surface area contributed by atoms with Crippen molar-refractivity contribution < 1.29 is 25.9 Å². The highest BCUT2D eigenvalue weighted by Gasteiger charge is 2.22. The standard InChI is InChI=1S/C15H18N6O6S2/c1-3-8-4-5-9(11(6-8)28(22,23)24)19-20-10-7-12(29(25,26)27)14(17)15(13(10)16)21-18-2/h4-7H,3,16-17H2,1-2H3,(H,22,23,24)(H,25,26,27). The first kappa shape index (κ1) is 22.4. The van der Waals surface area contributed by atoms with Gasteiger partial charge >= 0.3 is 0 Å². The highest BCUT2D eigenvalue weighted by Crippen LogP contribution is 2.42. The maximum atomic E-state index is 11.6. The molecule has 2 rings (SSSR count). The Hall–Kier alpha value is -2.94. The number of nitrogen functional groups attached to an aromatic ring is 2. The zero-order chi connectivity index (χ0) is 22.0. The highest BCUT2D eigenvalue weighted by molar-refractivity contribution is 7.86. The van der Waals surface area contributed by atoms with Crippen molar-refractivity contribution in [1.29, 1.82) is 0 Å². The van der Waals surface area contributed by atoms with Gasteiger partial charge in [-0.2, -0.15) is 27.1 Å². The average Bonchev–Trinajstić information content (AvgIpc) is 2.62. The zero-order valence-corrected chi connectivity index (χ0v) is 16.9. The largest absolute Gasteiger partial charge is 0.396 e. The molecule has 0 radical (unpaired) electrons. The van der Waals surface area contributed by atoms with Gasteiger partial charge in [-0.1, -0.05) is 13.0 Å². The van der Waals surface area contributed by atoms with Gasteiger partial charge in [-0.25, -0.2) is 0 Å². The van der Waals surface area contributed by atoms with Gasteiger partial charge in [0.25, 0.3) is 20.2 Å². The molecule has 0 saturated carbocycles. The van der Waals surface area contributed by atoms with Gasteiger partial charge in [0.1, 0.15) is 26.9 Å². The maximum absolute atomic E-state index is 11.6. The average molecular weight is 442 g/mol. The van der Waals surface area contributed by atoms with Crippen LogP contribution in [0.25, 0.3) is 0 Å². The van der Waals surface area contributed by atoms with E-state index in [9.17, 15) is 25.9 Å². The fourth-order valence-corrected chi connectivity index (χ4v) is 3.65. The lowest BCUT2D eigenvalue weighted by Gasteiger charge is -2.10. The van der Waals surface area contributed by atoms with Crippen LogP contribution in [0.1, 0.15) is 12.5 Å². The van der Waals surface area contributed by atoms with E-state index in [1.54, 1.807) is 13.0 Å². The minimum Gasteiger partial charge on any atom is -0.396 e. The number of azo groups is 2. The number of rotatable bonds is 6. The van der Waals surface area contributed by atoms with E-state index >= 15 is 0 Å². The molecule has 14 heteroatoms. The molecule has 0 heterocycles. The van der Waals surface area contributed by atoms with Crippen LogP contribution in [0.3, 0.4) is 0 Å². The van der Waals surface area contributed by atoms with Crippen LogP contribution in [0.4, 0.5) is 28.4 Å². The van der Waals surface area contributed by atoms with Gasteiger partial charge in [-0.05, 0) is 30.2 Å². The van der Waals surface area contributed by atoms with Crippen molar-refractivity contribution >= 4 is 48.7 Å². The molecule has 0 aliphatic carbocycles. The summed E-state index contributed by atoms with van der Waals surface area (Å²) < 4.78 is 65.2. The maximum Gasteiger partial charge on any atom is 0.296 e. The molecule has 2 aromatic rings. The smallest absolute Gasteiger partial charge is 0.296 e. The van der Waals surface area contributed by atoms with Crippen LogP contribution < -0.4 is 11.5 Å². The molecule has 0 fully saturated rings. The third-order valence-corrected chi connectivity index (χ3v) is 5.55. The van der Waals surface area contributed by atoms with Gasteiger partial charge in [-0.15, -0.1) is 10.2 Å². The van der Waals surface area contributed by atoms with Crippen molar-refractivity contribution in [1.82, 2.24) is 0 Å². The summed E-state index contributed by atoms with van der Waals surface area (Å²) in [4.78, 5) is -1.21. The summed E-state index contributed by atoms with van der Waals surface area (Å²) in [5, 5.41) is 14.6. The topological polar surface area (TPSA) is 210 Å². The van der Waals surface area contributed by atoms with E-state index in [2.05, 4.69) is 20.5 Å². The van der Waals surface area contributed by atoms with Crippen molar-refractivity contribution in [2.45, 2.75) is 23.1 Å². The summed E-state index contributed by atoms with van der Waals surface area (Å²) in [6.45, 7) is 1.79. The van der Waals surface area contributed by atoms with Crippen LogP contribution in [0.2, 0.25) is 0 Å². The van der Waals surface area contributed by atoms with E-state index in [0.717, 1.165) is 6.07 Å². The highest BCUT2D eigenvalue weighted by atomic mass is 32.2. The molecular formula is C15H18N6O6S2. The van der Waals surface area contributed by atoms with Crippen LogP contribution in [-0.4, -0.2) is 33.0 Å². The molecule has 0 bridgehead atoms. The van der Waals surface area contributed by atoms with E-state index < -0.39 is 35.7 Å². The molecule has 29 heavy (non-hydrogen) atoms. The van der Waals surface area contributed by atoms with Crippen molar-refractivity contribution in [2.75, 3.05) is 18.5 Å². The van der Waals surface area contributed by atoms with Gasteiger partial charge in [0.05, 0.1) is 11.4 Å². The Bertz CT molecular complexity index is 1220. The Kier molecular flexibility index (Phi) is 6.32. The first-order valence-corrected chi connectivity index (χ1v) is 10.8. The molecule has 0 aliphatic rings. The summed E-state index contributed by atoms with van der Waals surface area (Å²) >= 11 is 0. The van der Waals surface area contributed by atoms with Gasteiger partial charge in [0.2, 0.25) is 0 Å². The van der Waals surface area contributed by atoms with Gasteiger partial charge in [-0.3, -0.25) is 9.11 Å². The normalized spacial score (nSPS) is 12.8. The third kappa shape index (κ3) is 4.92. The van der Waals surface area contributed by atoms with Crippen molar-refractivity contribution in [3.05, 3.63) is 29.8 Å². The molecule has 0 saturated heterocycles. The van der Waals surface area contributed by atoms with Crippen LogP contribution >= 0.6 is 0 Å². The molecular weight excluding hydrogens is 424 g/mol. The Morgan fingerprint density at radius 3 is 1.97 bits per heavy atom. The Balaban J connectivity index is 2.72. The number of nitrogens with two attached hydrogens (primary N) is 2. The Labute approximate surface area is 166 Å². The first-order chi connectivity index (χ1) is 13.4. The van der Waals surface area contributed by atoms with Crippen LogP contribution in [-0.2, 0) is 26.7 Å². The molecule has 6 N–H and O–H groups in total. The zero-order valence-electron chi connectivity index (χ0n) is 15.3. The summed E-state index contributed by atoms with van der Waals surface area (Å²) in [6.07, 6.45) is 0.508. The molecule has 156 valence electrons. The molecule has 0 aromatic heterocycles. The summed E-state index contributed by atoms with van der Waals surface area (Å²) in [5.74, 6) is 0. The third-order valence-electron chi connectivity index (χ3n) is 3.77. The van der Waals surface area contributed by atoms with Gasteiger partial charge in [0.15, 0.2) is 0 Å². The van der Waals surface area contributed by atoms with Crippen molar-refractivity contribution in [2.24, 2.45) is 20.5 Å². The van der Waals surface area contributed by atoms with E-state index in [1.165, 1.54) is 19.2 Å². The van der Waals surface area contributed by atoms with Crippen LogP contribution in [0.15, 0.2) is 54.5 Å². The molecule has 0 amide bonds. The monoisotopic (exact) mass is 442 g/mol. The van der Waals surface area contributed by atoms with E-state index in [1.807, 2.05) is 0 Å². The van der Waals surface area contributed by atoms with Gasteiger partial charge < -0.3 is 11.5 Å². The molecule has 2 aromatic carbocycles.